The highest BCUT2D eigenvalue weighted by molar-refractivity contribution is 7.85. The van der Waals surface area contributed by atoms with Crippen LogP contribution in [0, 0.1) is 0 Å². The lowest BCUT2D eigenvalue weighted by Crippen LogP contribution is -2.50. The van der Waals surface area contributed by atoms with E-state index >= 15 is 0 Å². The second-order valence-corrected chi connectivity index (χ2v) is 13.9. The first kappa shape index (κ1) is 41.0. The van der Waals surface area contributed by atoms with Gasteiger partial charge in [-0.3, -0.25) is 4.55 Å². The minimum Gasteiger partial charge on any atom is -0.324 e. The van der Waals surface area contributed by atoms with E-state index < -0.39 is 10.1 Å². The molecule has 0 aromatic rings. The van der Waals surface area contributed by atoms with Gasteiger partial charge in [-0.15, -0.1) is 0 Å². The smallest absolute Gasteiger partial charge is 0.264 e. The van der Waals surface area contributed by atoms with Crippen LogP contribution in [0.15, 0.2) is 0 Å². The number of rotatable bonds is 29. The fourth-order valence-corrected chi connectivity index (χ4v) is 5.58. The predicted molar refractivity (Wildman–Crippen MR) is 175 cm³/mol. The molecule has 0 rings (SSSR count). The fourth-order valence-electron chi connectivity index (χ4n) is 5.58. The maximum Gasteiger partial charge on any atom is 0.264 e. The van der Waals surface area contributed by atoms with Crippen LogP contribution in [-0.4, -0.2) is 49.4 Å². The summed E-state index contributed by atoms with van der Waals surface area (Å²) in [4.78, 5) is 0. The van der Waals surface area contributed by atoms with Gasteiger partial charge in [0.25, 0.3) is 10.1 Å². The second kappa shape index (κ2) is 30.8. The van der Waals surface area contributed by atoms with Crippen molar-refractivity contribution in [3.8, 4) is 0 Å². The van der Waals surface area contributed by atoms with Crippen LogP contribution in [0.25, 0.3) is 0 Å². The Hall–Kier alpha value is -0.130. The molecule has 0 aliphatic carbocycles. The van der Waals surface area contributed by atoms with Crippen LogP contribution in [0.3, 0.4) is 0 Å². The first-order chi connectivity index (χ1) is 18.8. The Morgan fingerprint density at radius 2 is 0.564 bits per heavy atom. The Labute approximate surface area is 247 Å². The zero-order valence-corrected chi connectivity index (χ0v) is 28.4. The quantitative estimate of drug-likeness (QED) is 0.0547. The minimum atomic E-state index is -3.66. The van der Waals surface area contributed by atoms with E-state index in [1.165, 1.54) is 192 Å². The summed E-state index contributed by atoms with van der Waals surface area (Å²) in [5, 5.41) is 0. The molecule has 4 nitrogen and oxygen atoms in total. The van der Waals surface area contributed by atoms with Crippen molar-refractivity contribution in [3.05, 3.63) is 0 Å². The molecule has 238 valence electrons. The number of hydrogen-bond acceptors (Lipinski definition) is 2. The summed E-state index contributed by atoms with van der Waals surface area (Å²) in [5.74, 6) is -0.201. The van der Waals surface area contributed by atoms with Crippen LogP contribution in [0.5, 0.6) is 0 Å². The lowest BCUT2D eigenvalue weighted by Gasteiger charge is -2.40. The predicted octanol–water partition coefficient (Wildman–Crippen LogP) is 11.1. The summed E-state index contributed by atoms with van der Waals surface area (Å²) in [6.45, 7) is 16.6. The van der Waals surface area contributed by atoms with Crippen LogP contribution in [0.1, 0.15) is 189 Å². The van der Waals surface area contributed by atoms with E-state index in [0.29, 0.717) is 0 Å². The van der Waals surface area contributed by atoms with Crippen LogP contribution in [0.2, 0.25) is 0 Å². The topological polar surface area (TPSA) is 54.4 Å². The number of unbranched alkanes of at least 4 members (excludes halogenated alkanes) is 20. The number of nitrogens with zero attached hydrogens (tertiary/aromatic N) is 1. The van der Waals surface area contributed by atoms with Gasteiger partial charge in [0.2, 0.25) is 0 Å². The van der Waals surface area contributed by atoms with Crippen LogP contribution in [-0.2, 0) is 10.1 Å². The molecule has 0 bridgehead atoms. The van der Waals surface area contributed by atoms with E-state index in [-0.39, 0.29) is 5.75 Å². The van der Waals surface area contributed by atoms with Crippen molar-refractivity contribution in [2.24, 2.45) is 0 Å². The van der Waals surface area contributed by atoms with E-state index in [0.717, 1.165) is 0 Å². The van der Waals surface area contributed by atoms with Crippen LogP contribution in [0.4, 0.5) is 0 Å². The Morgan fingerprint density at radius 1 is 0.385 bits per heavy atom. The molecule has 0 amide bonds. The molecule has 5 heteroatoms. The molecule has 1 N–H and O–H groups in total. The summed E-state index contributed by atoms with van der Waals surface area (Å²) in [7, 11) is -3.66. The highest BCUT2D eigenvalue weighted by Gasteiger charge is 2.25. The largest absolute Gasteiger partial charge is 0.324 e. The molecule has 0 saturated heterocycles. The van der Waals surface area contributed by atoms with Gasteiger partial charge in [0.1, 0.15) is 0 Å². The zero-order chi connectivity index (χ0) is 29.5. The molecular formula is C34H74NO3S+. The average Bonchev–Trinajstić information content (AvgIpc) is 2.92. The Morgan fingerprint density at radius 3 is 0.744 bits per heavy atom. The number of hydrogen-bond donors (Lipinski definition) is 1. The van der Waals surface area contributed by atoms with E-state index in [4.69, 9.17) is 4.55 Å². The summed E-state index contributed by atoms with van der Waals surface area (Å²) in [5.41, 5.74) is 0. The van der Waals surface area contributed by atoms with Gasteiger partial charge in [0.05, 0.1) is 31.9 Å². The van der Waals surface area contributed by atoms with Crippen molar-refractivity contribution in [2.75, 3.05) is 31.9 Å². The normalized spacial score (nSPS) is 11.9. The summed E-state index contributed by atoms with van der Waals surface area (Å²) < 4.78 is 28.4. The molecule has 0 saturated carbocycles. The molecule has 39 heavy (non-hydrogen) atoms. The van der Waals surface area contributed by atoms with Gasteiger partial charge in [-0.05, 0) is 58.3 Å². The Kier molecular flexibility index (Phi) is 32.4. The second-order valence-electron chi connectivity index (χ2n) is 12.2. The molecule has 0 aliphatic rings. The van der Waals surface area contributed by atoms with Gasteiger partial charge in [-0.1, -0.05) is 130 Å². The first-order valence-electron chi connectivity index (χ1n) is 17.6. The van der Waals surface area contributed by atoms with E-state index in [2.05, 4.69) is 27.7 Å². The van der Waals surface area contributed by atoms with Gasteiger partial charge < -0.3 is 4.48 Å². The molecule has 0 atom stereocenters. The SMILES string of the molecule is CCCCCCCC[N+](CCCCCCCC)(CCCCCCCC)CCCCCCCC.CCS(=O)(=O)O. The first-order valence-corrected chi connectivity index (χ1v) is 19.2. The fraction of sp³-hybridized carbons (Fsp3) is 1.00. The van der Waals surface area contributed by atoms with Crippen LogP contribution >= 0.6 is 0 Å². The van der Waals surface area contributed by atoms with E-state index in [1.54, 1.807) is 0 Å². The van der Waals surface area contributed by atoms with Crippen molar-refractivity contribution >= 4 is 10.1 Å². The highest BCUT2D eigenvalue weighted by Crippen LogP contribution is 2.20. The van der Waals surface area contributed by atoms with Crippen molar-refractivity contribution in [3.63, 3.8) is 0 Å². The zero-order valence-electron chi connectivity index (χ0n) is 27.6. The van der Waals surface area contributed by atoms with Gasteiger partial charge in [0, 0.05) is 0 Å². The summed E-state index contributed by atoms with van der Waals surface area (Å²) in [6, 6.07) is 0. The summed E-state index contributed by atoms with van der Waals surface area (Å²) >= 11 is 0. The van der Waals surface area contributed by atoms with Crippen LogP contribution < -0.4 is 0 Å². The maximum atomic E-state index is 9.56. The third kappa shape index (κ3) is 32.2. The Bertz CT molecular complexity index is 495. The van der Waals surface area contributed by atoms with Gasteiger partial charge in [-0.25, -0.2) is 0 Å². The molecule has 0 aromatic heterocycles. The average molecular weight is 577 g/mol. The minimum absolute atomic E-state index is 0.201. The molecule has 0 aromatic carbocycles. The molecule has 0 unspecified atom stereocenters. The van der Waals surface area contributed by atoms with Gasteiger partial charge in [0.15, 0.2) is 0 Å². The third-order valence-corrected chi connectivity index (χ3v) is 9.04. The molecule has 0 heterocycles. The molecule has 0 fully saturated rings. The van der Waals surface area contributed by atoms with Crippen molar-refractivity contribution in [1.29, 1.82) is 0 Å². The maximum absolute atomic E-state index is 9.56. The molecule has 0 radical (unpaired) electrons. The van der Waals surface area contributed by atoms with Gasteiger partial charge >= 0.3 is 0 Å². The van der Waals surface area contributed by atoms with Crippen molar-refractivity contribution in [2.45, 2.75) is 189 Å². The van der Waals surface area contributed by atoms with E-state index in [1.807, 2.05) is 0 Å². The van der Waals surface area contributed by atoms with Gasteiger partial charge in [-0.2, -0.15) is 8.42 Å². The molecular weight excluding hydrogens is 502 g/mol. The highest BCUT2D eigenvalue weighted by atomic mass is 32.2. The Balaban J connectivity index is 0. The third-order valence-electron chi connectivity index (χ3n) is 8.31. The van der Waals surface area contributed by atoms with Crippen molar-refractivity contribution < 1.29 is 17.5 Å². The summed E-state index contributed by atoms with van der Waals surface area (Å²) in [6.07, 6.45) is 34.8. The standard InChI is InChI=1S/C32H68N.C2H6O3S/c1-5-9-13-17-21-25-29-33(30-26-22-18-14-10-6-2,31-27-23-19-15-11-7-3)32-28-24-20-16-12-8-4;1-2-6(3,4)5/h5-32H2,1-4H3;2H2,1H3,(H,3,4,5)/q+1;. The van der Waals surface area contributed by atoms with E-state index in [9.17, 15) is 8.42 Å². The molecule has 0 aliphatic heterocycles. The monoisotopic (exact) mass is 577 g/mol. The molecule has 0 spiro atoms. The van der Waals surface area contributed by atoms with Crippen molar-refractivity contribution in [1.82, 2.24) is 0 Å². The lowest BCUT2D eigenvalue weighted by atomic mass is 10.0. The number of quaternary nitrogens is 1. The lowest BCUT2D eigenvalue weighted by molar-refractivity contribution is -0.929.